The molecule has 0 aromatic carbocycles. The van der Waals surface area contributed by atoms with Gasteiger partial charge in [0.25, 0.3) is 5.91 Å². The zero-order valence-electron chi connectivity index (χ0n) is 20.1. The molecule has 11 nitrogen and oxygen atoms in total. The van der Waals surface area contributed by atoms with Gasteiger partial charge in [-0.25, -0.2) is 14.5 Å². The van der Waals surface area contributed by atoms with Crippen LogP contribution in [0.3, 0.4) is 0 Å². The number of imidazole rings is 1. The highest BCUT2D eigenvalue weighted by molar-refractivity contribution is 6.29. The van der Waals surface area contributed by atoms with E-state index < -0.39 is 0 Å². The Hall–Kier alpha value is -3.70. The quantitative estimate of drug-likeness (QED) is 0.272. The maximum absolute atomic E-state index is 13.1. The molecule has 12 heteroatoms. The predicted molar refractivity (Wildman–Crippen MR) is 140 cm³/mol. The van der Waals surface area contributed by atoms with Crippen LogP contribution in [0.1, 0.15) is 56.1 Å². The number of hydrogen-bond acceptors (Lipinski definition) is 8. The summed E-state index contributed by atoms with van der Waals surface area (Å²) in [5, 5.41) is 19.3. The molecule has 1 amide bonds. The maximum atomic E-state index is 13.1. The number of fused-ring (bicyclic) bond motifs is 1. The molecule has 0 aliphatic heterocycles. The summed E-state index contributed by atoms with van der Waals surface area (Å²) in [6, 6.07) is 7.77. The van der Waals surface area contributed by atoms with Crippen molar-refractivity contribution in [3.05, 3.63) is 53.7 Å². The molecule has 1 aliphatic rings. The first-order valence-corrected chi connectivity index (χ1v) is 12.4. The number of halogens is 1. The minimum absolute atomic E-state index is 0.233. The highest BCUT2D eigenvalue weighted by Gasteiger charge is 2.22. The van der Waals surface area contributed by atoms with Gasteiger partial charge in [0.05, 0.1) is 11.9 Å². The van der Waals surface area contributed by atoms with E-state index in [1.165, 1.54) is 16.9 Å². The van der Waals surface area contributed by atoms with Crippen LogP contribution in [0.4, 0.5) is 23.0 Å². The van der Waals surface area contributed by atoms with Crippen molar-refractivity contribution in [2.75, 3.05) is 16.0 Å². The van der Waals surface area contributed by atoms with Gasteiger partial charge in [0.2, 0.25) is 0 Å². The predicted octanol–water partition coefficient (Wildman–Crippen LogP) is 4.23. The van der Waals surface area contributed by atoms with Crippen LogP contribution in [-0.4, -0.2) is 47.4 Å². The molecule has 0 bridgehead atoms. The summed E-state index contributed by atoms with van der Waals surface area (Å²) in [7, 11) is 0. The fourth-order valence-corrected chi connectivity index (χ4v) is 4.44. The molecule has 0 atom stereocenters. The number of carbonyl (C=O) groups excluding carboxylic acids is 1. The van der Waals surface area contributed by atoms with Crippen LogP contribution in [0.15, 0.2) is 42.9 Å². The molecule has 5 N–H and O–H groups in total. The van der Waals surface area contributed by atoms with Crippen LogP contribution in [0.5, 0.6) is 0 Å². The summed E-state index contributed by atoms with van der Waals surface area (Å²) in [6.45, 7) is 4.13. The van der Waals surface area contributed by atoms with Crippen molar-refractivity contribution in [2.24, 2.45) is 5.73 Å². The largest absolute Gasteiger partial charge is 0.366 e. The molecule has 1 fully saturated rings. The number of nitrogens with zero attached hydrogens (tertiary/aromatic N) is 6. The third-order valence-electron chi connectivity index (χ3n) is 6.21. The molecule has 0 radical (unpaired) electrons. The number of aromatic nitrogens is 6. The molecule has 0 saturated heterocycles. The lowest BCUT2D eigenvalue weighted by molar-refractivity contribution is 0.102. The van der Waals surface area contributed by atoms with Crippen LogP contribution in [0.2, 0.25) is 5.15 Å². The van der Waals surface area contributed by atoms with E-state index in [0.717, 1.165) is 25.7 Å². The number of amides is 1. The van der Waals surface area contributed by atoms with Gasteiger partial charge in [-0.15, -0.1) is 5.10 Å². The van der Waals surface area contributed by atoms with Gasteiger partial charge in [-0.05, 0) is 51.7 Å². The van der Waals surface area contributed by atoms with E-state index in [4.69, 9.17) is 22.4 Å². The minimum Gasteiger partial charge on any atom is -0.366 e. The average Bonchev–Trinajstić information content (AvgIpc) is 3.48. The monoisotopic (exact) mass is 508 g/mol. The Morgan fingerprint density at radius 1 is 1.11 bits per heavy atom. The Morgan fingerprint density at radius 2 is 1.92 bits per heavy atom. The zero-order valence-corrected chi connectivity index (χ0v) is 20.9. The van der Waals surface area contributed by atoms with E-state index >= 15 is 0 Å². The van der Waals surface area contributed by atoms with Gasteiger partial charge in [-0.1, -0.05) is 11.6 Å². The fourth-order valence-electron chi connectivity index (χ4n) is 4.26. The van der Waals surface area contributed by atoms with Crippen molar-refractivity contribution >= 4 is 46.2 Å². The lowest BCUT2D eigenvalue weighted by Crippen LogP contribution is -2.33. The smallest absolute Gasteiger partial charge is 0.276 e. The van der Waals surface area contributed by atoms with Crippen LogP contribution in [0, 0.1) is 0 Å². The van der Waals surface area contributed by atoms with E-state index in [1.54, 1.807) is 12.1 Å². The lowest BCUT2D eigenvalue weighted by atomic mass is 9.92. The first-order valence-electron chi connectivity index (χ1n) is 12.0. The normalized spacial score (nSPS) is 17.9. The summed E-state index contributed by atoms with van der Waals surface area (Å²) in [6.07, 6.45) is 8.80. The van der Waals surface area contributed by atoms with Crippen LogP contribution in [0.25, 0.3) is 5.65 Å². The topological polar surface area (TPSA) is 140 Å². The SMILES string of the molecule is CC(C)n1ccc(Nc2cc(NC3CCC(N)CC3)nn3c(C(=O)Nc4ccnc(Cl)c4)cnc23)n1. The molecular formula is C24H29ClN10O. The Balaban J connectivity index is 1.49. The van der Waals surface area contributed by atoms with Crippen LogP contribution < -0.4 is 21.7 Å². The molecule has 4 aromatic rings. The van der Waals surface area contributed by atoms with Crippen molar-refractivity contribution in [1.29, 1.82) is 0 Å². The second kappa shape index (κ2) is 10.1. The highest BCUT2D eigenvalue weighted by atomic mass is 35.5. The fraction of sp³-hybridized carbons (Fsp3) is 0.375. The summed E-state index contributed by atoms with van der Waals surface area (Å²) in [5.74, 6) is 0.938. The second-order valence-corrected chi connectivity index (χ2v) is 9.69. The number of pyridine rings is 1. The standard InChI is InChI=1S/C24H29ClN10O/c1-14(2)34-10-8-21(32-34)31-18-12-22(29-16-5-3-15(26)4-6-16)33-35-19(13-28-23(18)35)24(36)30-17-7-9-27-20(25)11-17/h7-16H,3-6,26H2,1-2H3,(H,29,33)(H,31,32)(H,27,30,36). The van der Waals surface area contributed by atoms with Gasteiger partial charge >= 0.3 is 0 Å². The molecular weight excluding hydrogens is 480 g/mol. The first kappa shape index (κ1) is 24.0. The minimum atomic E-state index is -0.368. The Bertz CT molecular complexity index is 1370. The molecule has 4 aromatic heterocycles. The number of rotatable bonds is 7. The summed E-state index contributed by atoms with van der Waals surface area (Å²) in [5.41, 5.74) is 8.07. The van der Waals surface area contributed by atoms with Gasteiger partial charge in [0.15, 0.2) is 17.2 Å². The number of hydrogen-bond donors (Lipinski definition) is 4. The molecule has 1 aliphatic carbocycles. The maximum Gasteiger partial charge on any atom is 0.276 e. The van der Waals surface area contributed by atoms with Crippen molar-refractivity contribution in [1.82, 2.24) is 29.4 Å². The first-order chi connectivity index (χ1) is 17.4. The zero-order chi connectivity index (χ0) is 25.2. The number of nitrogens with two attached hydrogens (primary N) is 1. The third kappa shape index (κ3) is 5.26. The Labute approximate surface area is 213 Å². The van der Waals surface area contributed by atoms with E-state index in [0.29, 0.717) is 28.7 Å². The van der Waals surface area contributed by atoms with Crippen molar-refractivity contribution in [2.45, 2.75) is 57.7 Å². The summed E-state index contributed by atoms with van der Waals surface area (Å²) < 4.78 is 3.41. The number of carbonyl (C=O) groups is 1. The summed E-state index contributed by atoms with van der Waals surface area (Å²) >= 11 is 5.97. The van der Waals surface area contributed by atoms with Crippen molar-refractivity contribution in [3.63, 3.8) is 0 Å². The number of nitrogens with one attached hydrogen (secondary N) is 3. The average molecular weight is 509 g/mol. The van der Waals surface area contributed by atoms with Gasteiger partial charge in [0.1, 0.15) is 11.0 Å². The van der Waals surface area contributed by atoms with E-state index in [2.05, 4.69) is 44.9 Å². The van der Waals surface area contributed by atoms with E-state index in [9.17, 15) is 4.79 Å². The second-order valence-electron chi connectivity index (χ2n) is 9.30. The van der Waals surface area contributed by atoms with Gasteiger partial charge < -0.3 is 21.7 Å². The molecule has 36 heavy (non-hydrogen) atoms. The Kier molecular flexibility index (Phi) is 6.75. The summed E-state index contributed by atoms with van der Waals surface area (Å²) in [4.78, 5) is 21.6. The molecule has 0 unspecified atom stereocenters. The van der Waals surface area contributed by atoms with Gasteiger partial charge in [-0.2, -0.15) is 5.10 Å². The van der Waals surface area contributed by atoms with Gasteiger partial charge in [0, 0.05) is 48.3 Å². The molecule has 0 spiro atoms. The van der Waals surface area contributed by atoms with Crippen molar-refractivity contribution in [3.8, 4) is 0 Å². The third-order valence-corrected chi connectivity index (χ3v) is 6.42. The lowest BCUT2D eigenvalue weighted by Gasteiger charge is -2.27. The van der Waals surface area contributed by atoms with Crippen LogP contribution in [-0.2, 0) is 0 Å². The van der Waals surface area contributed by atoms with Crippen molar-refractivity contribution < 1.29 is 4.79 Å². The molecule has 4 heterocycles. The van der Waals surface area contributed by atoms with E-state index in [1.807, 2.05) is 23.0 Å². The number of anilines is 4. The molecule has 188 valence electrons. The van der Waals surface area contributed by atoms with Gasteiger partial charge in [-0.3, -0.25) is 9.48 Å². The Morgan fingerprint density at radius 3 is 2.64 bits per heavy atom. The molecule has 5 rings (SSSR count). The van der Waals surface area contributed by atoms with Crippen LogP contribution >= 0.6 is 11.6 Å². The van der Waals surface area contributed by atoms with E-state index in [-0.39, 0.29) is 34.9 Å². The molecule has 1 saturated carbocycles. The highest BCUT2D eigenvalue weighted by Crippen LogP contribution is 2.27.